The van der Waals surface area contributed by atoms with Gasteiger partial charge in [0.1, 0.15) is 17.2 Å². The number of rotatable bonds is 4. The van der Waals surface area contributed by atoms with Crippen LogP contribution in [-0.4, -0.2) is 7.11 Å². The molecule has 1 heterocycles. The predicted molar refractivity (Wildman–Crippen MR) is 112 cm³/mol. The Balaban J connectivity index is 1.50. The van der Waals surface area contributed by atoms with Gasteiger partial charge in [-0.05, 0) is 54.3 Å². The lowest BCUT2D eigenvalue weighted by atomic mass is 9.77. The van der Waals surface area contributed by atoms with Crippen molar-refractivity contribution in [2.45, 2.75) is 18.4 Å². The van der Waals surface area contributed by atoms with E-state index < -0.39 is 0 Å². The van der Waals surface area contributed by atoms with Crippen molar-refractivity contribution in [3.8, 4) is 17.2 Å². The van der Waals surface area contributed by atoms with Gasteiger partial charge in [-0.1, -0.05) is 48.6 Å². The van der Waals surface area contributed by atoms with Crippen LogP contribution < -0.4 is 14.8 Å². The first-order valence-electron chi connectivity index (χ1n) is 9.76. The highest BCUT2D eigenvalue weighted by molar-refractivity contribution is 5.62. The maximum absolute atomic E-state index is 6.07. The van der Waals surface area contributed by atoms with Crippen LogP contribution in [0.3, 0.4) is 0 Å². The van der Waals surface area contributed by atoms with Crippen molar-refractivity contribution < 1.29 is 9.47 Å². The minimum Gasteiger partial charge on any atom is -0.496 e. The number of fused-ring (bicyclic) bond motifs is 3. The highest BCUT2D eigenvalue weighted by Gasteiger charge is 2.39. The van der Waals surface area contributed by atoms with Crippen LogP contribution in [-0.2, 0) is 0 Å². The number of ether oxygens (including phenoxy) is 2. The molecule has 3 aromatic rings. The Kier molecular flexibility index (Phi) is 4.28. The second-order valence-electron chi connectivity index (χ2n) is 7.38. The molecule has 0 aromatic heterocycles. The van der Waals surface area contributed by atoms with Crippen LogP contribution in [0.2, 0.25) is 0 Å². The van der Waals surface area contributed by atoms with Gasteiger partial charge in [0.2, 0.25) is 0 Å². The second-order valence-corrected chi connectivity index (χ2v) is 7.38. The SMILES string of the molecule is COc1ccccc1[C@@H]1Nc2ccc(Oc3ccccc3)cc2[C@@H]2C=CC[C@@H]21. The summed E-state index contributed by atoms with van der Waals surface area (Å²) in [4.78, 5) is 0. The molecule has 2 aliphatic rings. The first-order valence-corrected chi connectivity index (χ1v) is 9.76. The molecule has 0 radical (unpaired) electrons. The molecule has 0 unspecified atom stereocenters. The fourth-order valence-electron chi connectivity index (χ4n) is 4.49. The third-order valence-electron chi connectivity index (χ3n) is 5.79. The van der Waals surface area contributed by atoms with Crippen LogP contribution in [0.15, 0.2) is 84.9 Å². The van der Waals surface area contributed by atoms with E-state index in [1.807, 2.05) is 48.5 Å². The zero-order valence-electron chi connectivity index (χ0n) is 15.8. The van der Waals surface area contributed by atoms with Crippen LogP contribution in [0.5, 0.6) is 17.2 Å². The third-order valence-corrected chi connectivity index (χ3v) is 5.79. The average Bonchev–Trinajstić information content (AvgIpc) is 3.24. The van der Waals surface area contributed by atoms with Gasteiger partial charge in [-0.3, -0.25) is 0 Å². The van der Waals surface area contributed by atoms with E-state index in [4.69, 9.17) is 9.47 Å². The quantitative estimate of drug-likeness (QED) is 0.546. The summed E-state index contributed by atoms with van der Waals surface area (Å²) in [6.07, 6.45) is 5.71. The number of methoxy groups -OCH3 is 1. The van der Waals surface area contributed by atoms with Crippen molar-refractivity contribution in [3.05, 3.63) is 96.1 Å². The molecule has 3 heteroatoms. The lowest BCUT2D eigenvalue weighted by molar-refractivity contribution is 0.380. The van der Waals surface area contributed by atoms with Crippen LogP contribution in [0.25, 0.3) is 0 Å². The summed E-state index contributed by atoms with van der Waals surface area (Å²) in [6, 6.07) is 24.8. The number of nitrogens with one attached hydrogen (secondary N) is 1. The van der Waals surface area contributed by atoms with Crippen molar-refractivity contribution in [2.24, 2.45) is 5.92 Å². The van der Waals surface area contributed by atoms with Gasteiger partial charge in [0.25, 0.3) is 0 Å². The molecule has 0 saturated heterocycles. The number of benzene rings is 3. The molecule has 0 spiro atoms. The lowest BCUT2D eigenvalue weighted by Crippen LogP contribution is -2.29. The first-order chi connectivity index (χ1) is 13.8. The van der Waals surface area contributed by atoms with E-state index in [0.717, 1.165) is 23.7 Å². The van der Waals surface area contributed by atoms with Gasteiger partial charge < -0.3 is 14.8 Å². The number of allylic oxidation sites excluding steroid dienone is 2. The predicted octanol–water partition coefficient (Wildman–Crippen LogP) is 6.31. The second kappa shape index (κ2) is 7.08. The van der Waals surface area contributed by atoms with E-state index in [-0.39, 0.29) is 6.04 Å². The zero-order valence-corrected chi connectivity index (χ0v) is 15.8. The summed E-state index contributed by atoms with van der Waals surface area (Å²) in [5.74, 6) is 3.53. The summed E-state index contributed by atoms with van der Waals surface area (Å²) in [6.45, 7) is 0. The number of hydrogen-bond acceptors (Lipinski definition) is 3. The highest BCUT2D eigenvalue weighted by atomic mass is 16.5. The maximum atomic E-state index is 6.07. The molecular formula is C25H23NO2. The van der Waals surface area contributed by atoms with Crippen molar-refractivity contribution in [2.75, 3.05) is 12.4 Å². The molecule has 3 atom stereocenters. The third kappa shape index (κ3) is 2.93. The molecular weight excluding hydrogens is 346 g/mol. The average molecular weight is 369 g/mol. The maximum Gasteiger partial charge on any atom is 0.127 e. The summed E-state index contributed by atoms with van der Waals surface area (Å²) < 4.78 is 11.7. The summed E-state index contributed by atoms with van der Waals surface area (Å²) >= 11 is 0. The Morgan fingerprint density at radius 1 is 0.857 bits per heavy atom. The van der Waals surface area contributed by atoms with Gasteiger partial charge in [-0.25, -0.2) is 0 Å². The molecule has 5 rings (SSSR count). The number of para-hydroxylation sites is 2. The Morgan fingerprint density at radius 3 is 2.54 bits per heavy atom. The van der Waals surface area contributed by atoms with Gasteiger partial charge in [0, 0.05) is 17.2 Å². The van der Waals surface area contributed by atoms with E-state index in [0.29, 0.717) is 11.8 Å². The fraction of sp³-hybridized carbons (Fsp3) is 0.200. The molecule has 3 nitrogen and oxygen atoms in total. The van der Waals surface area contributed by atoms with Crippen molar-refractivity contribution in [1.29, 1.82) is 0 Å². The molecule has 1 aliphatic heterocycles. The van der Waals surface area contributed by atoms with Crippen molar-refractivity contribution >= 4 is 5.69 Å². The minimum absolute atomic E-state index is 0.226. The van der Waals surface area contributed by atoms with E-state index in [2.05, 4.69) is 41.7 Å². The molecule has 0 saturated carbocycles. The molecule has 3 aromatic carbocycles. The molecule has 140 valence electrons. The van der Waals surface area contributed by atoms with Gasteiger partial charge in [0.05, 0.1) is 13.2 Å². The normalized spacial score (nSPS) is 22.1. The van der Waals surface area contributed by atoms with E-state index in [9.17, 15) is 0 Å². The van der Waals surface area contributed by atoms with E-state index in [1.165, 1.54) is 16.8 Å². The van der Waals surface area contributed by atoms with Crippen molar-refractivity contribution in [1.82, 2.24) is 0 Å². The van der Waals surface area contributed by atoms with Gasteiger partial charge in [-0.15, -0.1) is 0 Å². The number of hydrogen-bond donors (Lipinski definition) is 1. The Bertz CT molecular complexity index is 1010. The van der Waals surface area contributed by atoms with Gasteiger partial charge in [0.15, 0.2) is 0 Å². The number of anilines is 1. The van der Waals surface area contributed by atoms with Crippen LogP contribution in [0, 0.1) is 5.92 Å². The Hall–Kier alpha value is -3.20. The fourth-order valence-corrected chi connectivity index (χ4v) is 4.49. The van der Waals surface area contributed by atoms with Crippen LogP contribution in [0.1, 0.15) is 29.5 Å². The smallest absolute Gasteiger partial charge is 0.127 e. The monoisotopic (exact) mass is 369 g/mol. The highest BCUT2D eigenvalue weighted by Crippen LogP contribution is 2.51. The topological polar surface area (TPSA) is 30.5 Å². The van der Waals surface area contributed by atoms with Gasteiger partial charge in [-0.2, -0.15) is 0 Å². The largest absolute Gasteiger partial charge is 0.496 e. The van der Waals surface area contributed by atoms with Gasteiger partial charge >= 0.3 is 0 Å². The molecule has 28 heavy (non-hydrogen) atoms. The van der Waals surface area contributed by atoms with Crippen molar-refractivity contribution in [3.63, 3.8) is 0 Å². The lowest BCUT2D eigenvalue weighted by Gasteiger charge is -2.38. The molecule has 0 amide bonds. The summed E-state index contributed by atoms with van der Waals surface area (Å²) in [5.41, 5.74) is 3.70. The summed E-state index contributed by atoms with van der Waals surface area (Å²) in [5, 5.41) is 3.77. The standard InChI is InChI=1S/C25H23NO2/c1-27-24-13-6-5-10-21(24)25-20-12-7-11-19(20)22-16-18(14-15-23(22)26-25)28-17-8-3-2-4-9-17/h2-11,13-16,19-20,25-26H,12H2,1H3/t19-,20+,25-/m1/s1. The first kappa shape index (κ1) is 16.9. The van der Waals surface area contributed by atoms with E-state index >= 15 is 0 Å². The van der Waals surface area contributed by atoms with Crippen LogP contribution >= 0.6 is 0 Å². The minimum atomic E-state index is 0.226. The Morgan fingerprint density at radius 2 is 1.68 bits per heavy atom. The zero-order chi connectivity index (χ0) is 18.9. The molecule has 0 fully saturated rings. The molecule has 1 N–H and O–H groups in total. The summed E-state index contributed by atoms with van der Waals surface area (Å²) in [7, 11) is 1.74. The Labute approximate surface area is 165 Å². The molecule has 1 aliphatic carbocycles. The van der Waals surface area contributed by atoms with E-state index in [1.54, 1.807) is 7.11 Å². The van der Waals surface area contributed by atoms with Crippen LogP contribution in [0.4, 0.5) is 5.69 Å². The molecule has 0 bridgehead atoms.